The van der Waals surface area contributed by atoms with Crippen LogP contribution in [-0.4, -0.2) is 26.1 Å². The molecule has 1 aliphatic rings. The van der Waals surface area contributed by atoms with Crippen molar-refractivity contribution >= 4 is 27.5 Å². The van der Waals surface area contributed by atoms with Crippen molar-refractivity contribution < 1.29 is 9.18 Å². The molecule has 1 aliphatic carbocycles. The molecule has 1 saturated carbocycles. The molecule has 1 N–H and O–H groups in total. The molecule has 4 rings (SSSR count). The summed E-state index contributed by atoms with van der Waals surface area (Å²) in [5, 5.41) is 14.0. The Bertz CT molecular complexity index is 999. The van der Waals surface area contributed by atoms with Crippen LogP contribution in [0.15, 0.2) is 46.9 Å². The first kappa shape index (κ1) is 16.8. The molecule has 2 aromatic carbocycles. The van der Waals surface area contributed by atoms with Crippen molar-refractivity contribution in [1.82, 2.24) is 20.2 Å². The van der Waals surface area contributed by atoms with Gasteiger partial charge in [-0.25, -0.2) is 4.39 Å². The molecule has 1 aromatic heterocycles. The zero-order valence-corrected chi connectivity index (χ0v) is 15.5. The van der Waals surface area contributed by atoms with Crippen LogP contribution in [0.2, 0.25) is 0 Å². The van der Waals surface area contributed by atoms with E-state index in [2.05, 4.69) is 36.8 Å². The van der Waals surface area contributed by atoms with E-state index < -0.39 is 11.2 Å². The number of nitrogens with zero attached hydrogens (tertiary/aromatic N) is 4. The van der Waals surface area contributed by atoms with Gasteiger partial charge in [-0.05, 0) is 66.1 Å². The second kappa shape index (κ2) is 6.28. The summed E-state index contributed by atoms with van der Waals surface area (Å²) >= 11 is 3.45. The molecule has 0 atom stereocenters. The van der Waals surface area contributed by atoms with Crippen molar-refractivity contribution in [2.45, 2.75) is 25.2 Å². The Hall–Kier alpha value is -2.61. The highest BCUT2D eigenvalue weighted by Gasteiger charge is 2.51. The molecule has 0 unspecified atom stereocenters. The SMILES string of the molecule is Cc1nnnn1-c1cc(NC(=O)C2(c3cccc(Br)c3)CC2)ccc1F. The lowest BCUT2D eigenvalue weighted by molar-refractivity contribution is -0.118. The lowest BCUT2D eigenvalue weighted by atomic mass is 9.95. The fraction of sp³-hybridized carbons (Fsp3) is 0.222. The number of aromatic nitrogens is 4. The lowest BCUT2D eigenvalue weighted by Crippen LogP contribution is -2.27. The third-order valence-electron chi connectivity index (χ3n) is 4.62. The Morgan fingerprint density at radius 3 is 2.73 bits per heavy atom. The number of amides is 1. The fourth-order valence-corrected chi connectivity index (χ4v) is 3.41. The van der Waals surface area contributed by atoms with Gasteiger partial charge in [0.05, 0.1) is 5.41 Å². The minimum Gasteiger partial charge on any atom is -0.325 e. The van der Waals surface area contributed by atoms with E-state index in [0.29, 0.717) is 11.5 Å². The van der Waals surface area contributed by atoms with E-state index in [-0.39, 0.29) is 11.6 Å². The van der Waals surface area contributed by atoms with Gasteiger partial charge < -0.3 is 5.32 Å². The maximum absolute atomic E-state index is 14.2. The van der Waals surface area contributed by atoms with Gasteiger partial charge >= 0.3 is 0 Å². The molecule has 6 nitrogen and oxygen atoms in total. The molecule has 0 spiro atoms. The number of nitrogens with one attached hydrogen (secondary N) is 1. The first-order valence-electron chi connectivity index (χ1n) is 8.12. The molecule has 26 heavy (non-hydrogen) atoms. The van der Waals surface area contributed by atoms with Crippen LogP contribution in [0.5, 0.6) is 0 Å². The number of hydrogen-bond donors (Lipinski definition) is 1. The third-order valence-corrected chi connectivity index (χ3v) is 5.11. The summed E-state index contributed by atoms with van der Waals surface area (Å²) in [6, 6.07) is 12.1. The van der Waals surface area contributed by atoms with Crippen molar-refractivity contribution in [2.75, 3.05) is 5.32 Å². The lowest BCUT2D eigenvalue weighted by Gasteiger charge is -2.17. The topological polar surface area (TPSA) is 72.7 Å². The first-order valence-corrected chi connectivity index (χ1v) is 8.91. The number of aryl methyl sites for hydroxylation is 1. The number of hydrogen-bond acceptors (Lipinski definition) is 4. The highest BCUT2D eigenvalue weighted by molar-refractivity contribution is 9.10. The van der Waals surface area contributed by atoms with Crippen LogP contribution in [0.1, 0.15) is 24.2 Å². The van der Waals surface area contributed by atoms with Crippen LogP contribution < -0.4 is 5.32 Å². The Labute approximate surface area is 157 Å². The molecule has 1 amide bonds. The predicted octanol–water partition coefficient (Wildman–Crippen LogP) is 3.54. The van der Waals surface area contributed by atoms with Crippen molar-refractivity contribution in [3.8, 4) is 5.69 Å². The molecule has 0 aliphatic heterocycles. The zero-order valence-electron chi connectivity index (χ0n) is 13.9. The molecular weight excluding hydrogens is 401 g/mol. The number of rotatable bonds is 4. The monoisotopic (exact) mass is 415 g/mol. The van der Waals surface area contributed by atoms with Gasteiger partial charge in [0, 0.05) is 10.2 Å². The number of benzene rings is 2. The van der Waals surface area contributed by atoms with Crippen molar-refractivity contribution in [3.63, 3.8) is 0 Å². The Balaban J connectivity index is 1.62. The van der Waals surface area contributed by atoms with E-state index >= 15 is 0 Å². The molecule has 1 heterocycles. The van der Waals surface area contributed by atoms with E-state index in [9.17, 15) is 9.18 Å². The standard InChI is InChI=1S/C18H15BrFN5O/c1-11-22-23-24-25(11)16-10-14(5-6-15(16)20)21-17(26)18(7-8-18)12-3-2-4-13(19)9-12/h2-6,9-10H,7-8H2,1H3,(H,21,26). The van der Waals surface area contributed by atoms with Crippen LogP contribution in [0.4, 0.5) is 10.1 Å². The maximum Gasteiger partial charge on any atom is 0.235 e. The van der Waals surface area contributed by atoms with Crippen LogP contribution >= 0.6 is 15.9 Å². The molecular formula is C18H15BrFN5O. The first-order chi connectivity index (χ1) is 12.5. The van der Waals surface area contributed by atoms with Crippen LogP contribution in [0, 0.1) is 12.7 Å². The van der Waals surface area contributed by atoms with Crippen molar-refractivity contribution in [1.29, 1.82) is 0 Å². The van der Waals surface area contributed by atoms with Gasteiger partial charge in [-0.3, -0.25) is 4.79 Å². The van der Waals surface area contributed by atoms with Gasteiger partial charge in [0.25, 0.3) is 0 Å². The van der Waals surface area contributed by atoms with E-state index in [1.807, 2.05) is 24.3 Å². The number of carbonyl (C=O) groups is 1. The van der Waals surface area contributed by atoms with Crippen molar-refractivity contribution in [2.24, 2.45) is 0 Å². The Morgan fingerprint density at radius 1 is 1.27 bits per heavy atom. The normalized spacial score (nSPS) is 14.9. The van der Waals surface area contributed by atoms with E-state index in [1.165, 1.54) is 22.9 Å². The number of carbonyl (C=O) groups excluding carboxylic acids is 1. The zero-order chi connectivity index (χ0) is 18.3. The molecule has 132 valence electrons. The van der Waals surface area contributed by atoms with Gasteiger partial charge in [-0.2, -0.15) is 4.68 Å². The second-order valence-electron chi connectivity index (χ2n) is 6.35. The van der Waals surface area contributed by atoms with Gasteiger partial charge in [0.1, 0.15) is 11.5 Å². The van der Waals surface area contributed by atoms with Gasteiger partial charge in [-0.15, -0.1) is 5.10 Å². The average Bonchev–Trinajstić information content (AvgIpc) is 3.33. The largest absolute Gasteiger partial charge is 0.325 e. The summed E-state index contributed by atoms with van der Waals surface area (Å²) in [5.41, 5.74) is 1.14. The summed E-state index contributed by atoms with van der Waals surface area (Å²) < 4.78 is 16.4. The number of tetrazole rings is 1. The third kappa shape index (κ3) is 2.90. The maximum atomic E-state index is 14.2. The Morgan fingerprint density at radius 2 is 2.08 bits per heavy atom. The Kier molecular flexibility index (Phi) is 4.07. The summed E-state index contributed by atoms with van der Waals surface area (Å²) in [4.78, 5) is 12.9. The molecule has 1 fully saturated rings. The number of anilines is 1. The van der Waals surface area contributed by atoms with E-state index in [1.54, 1.807) is 6.92 Å². The quantitative estimate of drug-likeness (QED) is 0.706. The van der Waals surface area contributed by atoms with Gasteiger partial charge in [-0.1, -0.05) is 28.1 Å². The predicted molar refractivity (Wildman–Crippen MR) is 97.5 cm³/mol. The van der Waals surface area contributed by atoms with E-state index in [0.717, 1.165) is 22.9 Å². The van der Waals surface area contributed by atoms with Crippen LogP contribution in [0.3, 0.4) is 0 Å². The number of halogens is 2. The molecule has 3 aromatic rings. The average molecular weight is 416 g/mol. The van der Waals surface area contributed by atoms with E-state index in [4.69, 9.17) is 0 Å². The highest BCUT2D eigenvalue weighted by atomic mass is 79.9. The summed E-state index contributed by atoms with van der Waals surface area (Å²) in [6.07, 6.45) is 1.57. The summed E-state index contributed by atoms with van der Waals surface area (Å²) in [5.74, 6) is -0.103. The fourth-order valence-electron chi connectivity index (χ4n) is 3.02. The summed E-state index contributed by atoms with van der Waals surface area (Å²) in [6.45, 7) is 1.68. The minimum absolute atomic E-state index is 0.0957. The highest BCUT2D eigenvalue weighted by Crippen LogP contribution is 2.49. The minimum atomic E-state index is -0.525. The van der Waals surface area contributed by atoms with Crippen LogP contribution in [0.25, 0.3) is 5.69 Å². The molecule has 0 saturated heterocycles. The molecule has 8 heteroatoms. The van der Waals surface area contributed by atoms with Gasteiger partial charge in [0.15, 0.2) is 5.82 Å². The van der Waals surface area contributed by atoms with Crippen molar-refractivity contribution in [3.05, 3.63) is 64.1 Å². The molecule has 0 radical (unpaired) electrons. The van der Waals surface area contributed by atoms with Gasteiger partial charge in [0.2, 0.25) is 5.91 Å². The summed E-state index contributed by atoms with van der Waals surface area (Å²) in [7, 11) is 0. The van der Waals surface area contributed by atoms with Crippen LogP contribution in [-0.2, 0) is 10.2 Å². The molecule has 0 bridgehead atoms. The smallest absolute Gasteiger partial charge is 0.235 e. The second-order valence-corrected chi connectivity index (χ2v) is 7.27.